The van der Waals surface area contributed by atoms with Crippen molar-refractivity contribution in [3.8, 4) is 0 Å². The van der Waals surface area contributed by atoms with Crippen molar-refractivity contribution < 1.29 is 4.79 Å². The fourth-order valence-corrected chi connectivity index (χ4v) is 2.35. The first-order valence-electron chi connectivity index (χ1n) is 6.69. The van der Waals surface area contributed by atoms with E-state index in [1.54, 1.807) is 11.7 Å². The van der Waals surface area contributed by atoms with Crippen molar-refractivity contribution in [3.05, 3.63) is 24.0 Å². The molecule has 4 nitrogen and oxygen atoms in total. The minimum absolute atomic E-state index is 0.0269. The summed E-state index contributed by atoms with van der Waals surface area (Å²) in [6.07, 6.45) is 14.8. The van der Waals surface area contributed by atoms with Crippen LogP contribution in [0.4, 0.5) is 0 Å². The molecule has 1 aliphatic carbocycles. The molecule has 1 heterocycles. The predicted octanol–water partition coefficient (Wildman–Crippen LogP) is 2.22. The Hall–Kier alpha value is -1.58. The van der Waals surface area contributed by atoms with Crippen LogP contribution < -0.4 is 5.32 Å². The molecule has 1 aliphatic rings. The molecule has 0 unspecified atom stereocenters. The van der Waals surface area contributed by atoms with Gasteiger partial charge >= 0.3 is 0 Å². The van der Waals surface area contributed by atoms with Crippen LogP contribution in [0.25, 0.3) is 6.08 Å². The highest BCUT2D eigenvalue weighted by Gasteiger charge is 2.09. The van der Waals surface area contributed by atoms with E-state index >= 15 is 0 Å². The van der Waals surface area contributed by atoms with Crippen molar-refractivity contribution in [2.45, 2.75) is 38.6 Å². The fourth-order valence-electron chi connectivity index (χ4n) is 2.35. The summed E-state index contributed by atoms with van der Waals surface area (Å²) in [6, 6.07) is 0. The van der Waals surface area contributed by atoms with Crippen molar-refractivity contribution in [1.29, 1.82) is 0 Å². The van der Waals surface area contributed by atoms with E-state index in [2.05, 4.69) is 22.6 Å². The Balaban J connectivity index is 1.89. The number of nitrogens with zero attached hydrogens (tertiary/aromatic N) is 2. The number of nitrogens with one attached hydrogen (secondary N) is 1. The molecule has 0 saturated heterocycles. The Morgan fingerprint density at radius 3 is 3.00 bits per heavy atom. The van der Waals surface area contributed by atoms with Crippen LogP contribution >= 0.6 is 0 Å². The molecule has 2 rings (SSSR count). The molecule has 1 aromatic heterocycles. The van der Waals surface area contributed by atoms with Crippen LogP contribution in [0.15, 0.2) is 18.5 Å². The maximum Gasteiger partial charge on any atom is 0.241 e. The van der Waals surface area contributed by atoms with E-state index in [1.807, 2.05) is 12.4 Å². The van der Waals surface area contributed by atoms with E-state index in [1.165, 1.54) is 32.1 Å². The van der Waals surface area contributed by atoms with Gasteiger partial charge in [-0.15, -0.1) is 0 Å². The van der Waals surface area contributed by atoms with Gasteiger partial charge in [0.2, 0.25) is 5.91 Å². The molecule has 1 N–H and O–H groups in total. The number of likely N-dealkylation sites (N-methyl/N-ethyl adjacent to an activating group) is 1. The molecule has 0 bridgehead atoms. The Kier molecular flexibility index (Phi) is 4.56. The fraction of sp³-hybridized carbons (Fsp3) is 0.571. The normalized spacial score (nSPS) is 17.2. The highest BCUT2D eigenvalue weighted by Crippen LogP contribution is 2.25. The summed E-state index contributed by atoms with van der Waals surface area (Å²) in [6.45, 7) is 0.285. The summed E-state index contributed by atoms with van der Waals surface area (Å²) >= 11 is 0. The molecule has 1 saturated carbocycles. The Labute approximate surface area is 108 Å². The van der Waals surface area contributed by atoms with Gasteiger partial charge in [-0.3, -0.25) is 9.48 Å². The average Bonchev–Trinajstić information content (AvgIpc) is 2.85. The number of carbonyl (C=O) groups excluding carboxylic acids is 1. The van der Waals surface area contributed by atoms with Crippen LogP contribution in [0.2, 0.25) is 0 Å². The lowest BCUT2D eigenvalue weighted by Crippen LogP contribution is -2.23. The predicted molar refractivity (Wildman–Crippen MR) is 71.9 cm³/mol. The third kappa shape index (κ3) is 3.72. The molecule has 0 aromatic carbocycles. The van der Waals surface area contributed by atoms with Gasteiger partial charge in [0.15, 0.2) is 0 Å². The molecule has 0 spiro atoms. The monoisotopic (exact) mass is 247 g/mol. The third-order valence-corrected chi connectivity index (χ3v) is 3.45. The molecule has 1 aromatic rings. The van der Waals surface area contributed by atoms with Gasteiger partial charge in [0, 0.05) is 18.8 Å². The van der Waals surface area contributed by atoms with Crippen molar-refractivity contribution in [1.82, 2.24) is 15.1 Å². The van der Waals surface area contributed by atoms with Gasteiger partial charge in [-0.2, -0.15) is 5.10 Å². The minimum Gasteiger partial charge on any atom is -0.358 e. The quantitative estimate of drug-likeness (QED) is 0.886. The van der Waals surface area contributed by atoms with Crippen molar-refractivity contribution in [2.24, 2.45) is 5.92 Å². The zero-order valence-electron chi connectivity index (χ0n) is 10.9. The molecule has 0 radical (unpaired) electrons. The van der Waals surface area contributed by atoms with E-state index < -0.39 is 0 Å². The van der Waals surface area contributed by atoms with Gasteiger partial charge in [-0.05, 0) is 18.8 Å². The Morgan fingerprint density at radius 1 is 1.50 bits per heavy atom. The molecule has 0 aliphatic heterocycles. The summed E-state index contributed by atoms with van der Waals surface area (Å²) < 4.78 is 1.67. The van der Waals surface area contributed by atoms with Gasteiger partial charge < -0.3 is 5.32 Å². The number of carbonyl (C=O) groups is 1. The van der Waals surface area contributed by atoms with Crippen molar-refractivity contribution in [2.75, 3.05) is 7.05 Å². The summed E-state index contributed by atoms with van der Waals surface area (Å²) in [4.78, 5) is 11.2. The zero-order valence-corrected chi connectivity index (χ0v) is 10.9. The van der Waals surface area contributed by atoms with Crippen LogP contribution in [0.3, 0.4) is 0 Å². The smallest absolute Gasteiger partial charge is 0.241 e. The standard InChI is InChI=1S/C14H21N3O/c1-15-14(18)11-17-10-13(9-16-17)8-7-12-5-3-2-4-6-12/h7-10,12H,2-6,11H2,1H3,(H,15,18). The van der Waals surface area contributed by atoms with Gasteiger partial charge in [-0.1, -0.05) is 31.4 Å². The van der Waals surface area contributed by atoms with Crippen molar-refractivity contribution >= 4 is 12.0 Å². The lowest BCUT2D eigenvalue weighted by atomic mass is 9.89. The van der Waals surface area contributed by atoms with Crippen LogP contribution in [-0.2, 0) is 11.3 Å². The summed E-state index contributed by atoms with van der Waals surface area (Å²) in [5.41, 5.74) is 1.07. The first kappa shape index (κ1) is 12.9. The highest BCUT2D eigenvalue weighted by atomic mass is 16.1. The molecule has 4 heteroatoms. The van der Waals surface area contributed by atoms with Crippen molar-refractivity contribution in [3.63, 3.8) is 0 Å². The van der Waals surface area contributed by atoms with Gasteiger partial charge in [0.05, 0.1) is 6.20 Å². The lowest BCUT2D eigenvalue weighted by Gasteiger charge is -2.17. The molecule has 1 fully saturated rings. The average molecular weight is 247 g/mol. The van der Waals surface area contributed by atoms with Crippen LogP contribution in [0.1, 0.15) is 37.7 Å². The highest BCUT2D eigenvalue weighted by molar-refractivity contribution is 5.75. The largest absolute Gasteiger partial charge is 0.358 e. The molecular formula is C14H21N3O. The first-order valence-corrected chi connectivity index (χ1v) is 6.69. The minimum atomic E-state index is -0.0269. The van der Waals surface area contributed by atoms with E-state index in [9.17, 15) is 4.79 Å². The molecule has 18 heavy (non-hydrogen) atoms. The molecule has 1 amide bonds. The van der Waals surface area contributed by atoms with E-state index in [0.29, 0.717) is 0 Å². The van der Waals surface area contributed by atoms with Gasteiger partial charge in [0.1, 0.15) is 6.54 Å². The number of amides is 1. The number of rotatable bonds is 4. The van der Waals surface area contributed by atoms with E-state index in [4.69, 9.17) is 0 Å². The first-order chi connectivity index (χ1) is 8.78. The summed E-state index contributed by atoms with van der Waals surface area (Å²) in [7, 11) is 1.63. The number of allylic oxidation sites excluding steroid dienone is 1. The van der Waals surface area contributed by atoms with E-state index in [-0.39, 0.29) is 12.5 Å². The second-order valence-electron chi connectivity index (χ2n) is 4.90. The van der Waals surface area contributed by atoms with Gasteiger partial charge in [0.25, 0.3) is 0 Å². The van der Waals surface area contributed by atoms with Crippen LogP contribution in [0, 0.1) is 5.92 Å². The summed E-state index contributed by atoms with van der Waals surface area (Å²) in [5.74, 6) is 0.696. The second-order valence-corrected chi connectivity index (χ2v) is 4.90. The number of aromatic nitrogens is 2. The molecular weight excluding hydrogens is 226 g/mol. The zero-order chi connectivity index (χ0) is 12.8. The van der Waals surface area contributed by atoms with Gasteiger partial charge in [-0.25, -0.2) is 0 Å². The Bertz CT molecular complexity index is 416. The lowest BCUT2D eigenvalue weighted by molar-refractivity contribution is -0.121. The van der Waals surface area contributed by atoms with E-state index in [0.717, 1.165) is 11.5 Å². The number of hydrogen-bond donors (Lipinski definition) is 1. The summed E-state index contributed by atoms with van der Waals surface area (Å²) in [5, 5.41) is 6.76. The van der Waals surface area contributed by atoms with Crippen LogP contribution in [-0.4, -0.2) is 22.7 Å². The second kappa shape index (κ2) is 6.38. The maximum atomic E-state index is 11.2. The molecule has 98 valence electrons. The molecule has 0 atom stereocenters. The number of hydrogen-bond acceptors (Lipinski definition) is 2. The SMILES string of the molecule is CNC(=O)Cn1cc(C=CC2CCCCC2)cn1. The maximum absolute atomic E-state index is 11.2. The van der Waals surface area contributed by atoms with Crippen LogP contribution in [0.5, 0.6) is 0 Å². The third-order valence-electron chi connectivity index (χ3n) is 3.45. The Morgan fingerprint density at radius 2 is 2.28 bits per heavy atom. The topological polar surface area (TPSA) is 46.9 Å².